The largest absolute Gasteiger partial charge is 0.316 e. The van der Waals surface area contributed by atoms with E-state index >= 15 is 0 Å². The summed E-state index contributed by atoms with van der Waals surface area (Å²) in [5, 5.41) is 13.9. The third kappa shape index (κ3) is 2.79. The minimum absolute atomic E-state index is 0.109. The van der Waals surface area contributed by atoms with Crippen LogP contribution in [0.15, 0.2) is 12.1 Å². The van der Waals surface area contributed by atoms with E-state index in [0.717, 1.165) is 18.9 Å². The van der Waals surface area contributed by atoms with Crippen molar-refractivity contribution in [1.29, 1.82) is 0 Å². The summed E-state index contributed by atoms with van der Waals surface area (Å²) in [6.45, 7) is 0. The fourth-order valence-electron chi connectivity index (χ4n) is 2.15. The molecule has 0 aromatic heterocycles. The fourth-order valence-corrected chi connectivity index (χ4v) is 2.31. The molecule has 1 atom stereocenters. The molecule has 18 heavy (non-hydrogen) atoms. The van der Waals surface area contributed by atoms with Crippen LogP contribution in [0, 0.1) is 21.8 Å². The highest BCUT2D eigenvalue weighted by Gasteiger charge is 2.32. The molecule has 0 aliphatic heterocycles. The van der Waals surface area contributed by atoms with Gasteiger partial charge in [-0.05, 0) is 38.3 Å². The van der Waals surface area contributed by atoms with E-state index in [1.54, 1.807) is 0 Å². The molecule has 1 unspecified atom stereocenters. The molecule has 0 spiro atoms. The average molecular weight is 273 g/mol. The fraction of sp³-hybridized carbons (Fsp3) is 0.500. The molecule has 1 N–H and O–H groups in total. The number of nitro groups is 1. The summed E-state index contributed by atoms with van der Waals surface area (Å²) >= 11 is 5.58. The molecule has 0 bridgehead atoms. The van der Waals surface area contributed by atoms with Crippen molar-refractivity contribution in [3.8, 4) is 0 Å². The van der Waals surface area contributed by atoms with Gasteiger partial charge in [0.2, 0.25) is 0 Å². The zero-order chi connectivity index (χ0) is 13.3. The Kier molecular flexibility index (Phi) is 3.82. The number of nitrogens with zero attached hydrogens (tertiary/aromatic N) is 1. The molecule has 0 heterocycles. The Morgan fingerprint density at radius 3 is 2.78 bits per heavy atom. The lowest BCUT2D eigenvalue weighted by molar-refractivity contribution is -0.385. The van der Waals surface area contributed by atoms with Crippen LogP contribution in [0.1, 0.15) is 18.4 Å². The SMILES string of the molecule is CNC(Cc1cc(F)c(Cl)cc1[N+](=O)[O-])C1CC1. The number of halogens is 2. The first-order chi connectivity index (χ1) is 8.52. The molecule has 6 heteroatoms. The molecule has 1 aromatic carbocycles. The Labute approximate surface area is 109 Å². The predicted molar refractivity (Wildman–Crippen MR) is 67.3 cm³/mol. The molecular formula is C12H14ClFN2O2. The van der Waals surface area contributed by atoms with E-state index in [1.807, 2.05) is 7.05 Å². The van der Waals surface area contributed by atoms with Crippen molar-refractivity contribution in [2.24, 2.45) is 5.92 Å². The van der Waals surface area contributed by atoms with Gasteiger partial charge in [-0.2, -0.15) is 0 Å². The molecule has 2 rings (SSSR count). The quantitative estimate of drug-likeness (QED) is 0.662. The highest BCUT2D eigenvalue weighted by Crippen LogP contribution is 2.36. The minimum Gasteiger partial charge on any atom is -0.316 e. The second kappa shape index (κ2) is 5.20. The summed E-state index contributed by atoms with van der Waals surface area (Å²) in [7, 11) is 1.82. The van der Waals surface area contributed by atoms with Crippen LogP contribution in [0.25, 0.3) is 0 Å². The van der Waals surface area contributed by atoms with Crippen molar-refractivity contribution < 1.29 is 9.31 Å². The number of nitro benzene ring substituents is 1. The van der Waals surface area contributed by atoms with E-state index in [1.165, 1.54) is 6.07 Å². The van der Waals surface area contributed by atoms with Gasteiger partial charge in [0.05, 0.1) is 9.95 Å². The number of rotatable bonds is 5. The Hall–Kier alpha value is -1.20. The van der Waals surface area contributed by atoms with Gasteiger partial charge >= 0.3 is 0 Å². The summed E-state index contributed by atoms with van der Waals surface area (Å²) in [4.78, 5) is 10.4. The van der Waals surface area contributed by atoms with E-state index in [9.17, 15) is 14.5 Å². The third-order valence-electron chi connectivity index (χ3n) is 3.32. The van der Waals surface area contributed by atoms with E-state index in [2.05, 4.69) is 5.32 Å². The molecule has 0 radical (unpaired) electrons. The standard InChI is InChI=1S/C12H14ClFN2O2/c1-15-11(7-2-3-7)5-8-4-10(14)9(13)6-12(8)16(17)18/h4,6-7,11,15H,2-3,5H2,1H3. The van der Waals surface area contributed by atoms with Gasteiger partial charge < -0.3 is 5.32 Å². The van der Waals surface area contributed by atoms with Crippen LogP contribution in [0.4, 0.5) is 10.1 Å². The maximum Gasteiger partial charge on any atom is 0.274 e. The van der Waals surface area contributed by atoms with Crippen LogP contribution >= 0.6 is 11.6 Å². The van der Waals surface area contributed by atoms with Crippen molar-refractivity contribution in [3.05, 3.63) is 38.7 Å². The molecule has 4 nitrogen and oxygen atoms in total. The molecule has 0 amide bonds. The van der Waals surface area contributed by atoms with Gasteiger partial charge in [-0.1, -0.05) is 11.6 Å². The van der Waals surface area contributed by atoms with Crippen LogP contribution in [-0.4, -0.2) is 18.0 Å². The Morgan fingerprint density at radius 1 is 1.61 bits per heavy atom. The van der Waals surface area contributed by atoms with Crippen LogP contribution in [-0.2, 0) is 6.42 Å². The van der Waals surface area contributed by atoms with Gasteiger partial charge in [-0.25, -0.2) is 4.39 Å². The summed E-state index contributed by atoms with van der Waals surface area (Å²) in [5.41, 5.74) is 0.287. The van der Waals surface area contributed by atoms with Crippen LogP contribution in [0.3, 0.4) is 0 Å². The summed E-state index contributed by atoms with van der Waals surface area (Å²) in [6.07, 6.45) is 2.69. The van der Waals surface area contributed by atoms with E-state index in [4.69, 9.17) is 11.6 Å². The van der Waals surface area contributed by atoms with Gasteiger partial charge in [0, 0.05) is 17.7 Å². The molecule has 1 aromatic rings. The topological polar surface area (TPSA) is 55.2 Å². The van der Waals surface area contributed by atoms with Crippen molar-refractivity contribution in [2.45, 2.75) is 25.3 Å². The first-order valence-electron chi connectivity index (χ1n) is 5.82. The van der Waals surface area contributed by atoms with Gasteiger partial charge in [-0.15, -0.1) is 0 Å². The smallest absolute Gasteiger partial charge is 0.274 e. The van der Waals surface area contributed by atoms with E-state index in [0.29, 0.717) is 17.9 Å². The number of likely N-dealkylation sites (N-methyl/N-ethyl adjacent to an activating group) is 1. The summed E-state index contributed by atoms with van der Waals surface area (Å²) in [6, 6.07) is 2.42. The van der Waals surface area contributed by atoms with Crippen molar-refractivity contribution >= 4 is 17.3 Å². The summed E-state index contributed by atoms with van der Waals surface area (Å²) in [5.74, 6) is -0.0729. The maximum absolute atomic E-state index is 13.4. The predicted octanol–water partition coefficient (Wildman–Crippen LogP) is 2.93. The van der Waals surface area contributed by atoms with Crippen molar-refractivity contribution in [3.63, 3.8) is 0 Å². The highest BCUT2D eigenvalue weighted by molar-refractivity contribution is 6.31. The lowest BCUT2D eigenvalue weighted by Gasteiger charge is -2.15. The highest BCUT2D eigenvalue weighted by atomic mass is 35.5. The average Bonchev–Trinajstić information content (AvgIpc) is 3.13. The molecule has 1 saturated carbocycles. The maximum atomic E-state index is 13.4. The van der Waals surface area contributed by atoms with E-state index < -0.39 is 10.7 Å². The normalized spacial score (nSPS) is 16.6. The molecular weight excluding hydrogens is 259 g/mol. The number of nitrogens with one attached hydrogen (secondary N) is 1. The van der Waals surface area contributed by atoms with Gasteiger partial charge in [-0.3, -0.25) is 10.1 Å². The van der Waals surface area contributed by atoms with Crippen LogP contribution in [0.2, 0.25) is 5.02 Å². The van der Waals surface area contributed by atoms with Gasteiger partial charge in [0.15, 0.2) is 0 Å². The zero-order valence-electron chi connectivity index (χ0n) is 9.95. The zero-order valence-corrected chi connectivity index (χ0v) is 10.7. The number of hydrogen-bond acceptors (Lipinski definition) is 3. The lowest BCUT2D eigenvalue weighted by Crippen LogP contribution is -2.30. The van der Waals surface area contributed by atoms with Gasteiger partial charge in [0.25, 0.3) is 5.69 Å². The Balaban J connectivity index is 2.29. The van der Waals surface area contributed by atoms with Crippen molar-refractivity contribution in [1.82, 2.24) is 5.32 Å². The van der Waals surface area contributed by atoms with Gasteiger partial charge in [0.1, 0.15) is 5.82 Å². The summed E-state index contributed by atoms with van der Waals surface area (Å²) < 4.78 is 13.4. The van der Waals surface area contributed by atoms with Crippen LogP contribution in [0.5, 0.6) is 0 Å². The van der Waals surface area contributed by atoms with Crippen molar-refractivity contribution in [2.75, 3.05) is 7.05 Å². The number of benzene rings is 1. The van der Waals surface area contributed by atoms with E-state index in [-0.39, 0.29) is 16.8 Å². The Morgan fingerprint density at radius 2 is 2.28 bits per heavy atom. The second-order valence-electron chi connectivity index (χ2n) is 4.59. The first kappa shape index (κ1) is 13.2. The molecule has 1 fully saturated rings. The number of hydrogen-bond donors (Lipinski definition) is 1. The Bertz CT molecular complexity index is 477. The third-order valence-corrected chi connectivity index (χ3v) is 3.61. The minimum atomic E-state index is -0.608. The first-order valence-corrected chi connectivity index (χ1v) is 6.20. The second-order valence-corrected chi connectivity index (χ2v) is 5.00. The monoisotopic (exact) mass is 272 g/mol. The molecule has 1 aliphatic carbocycles. The molecule has 1 aliphatic rings. The van der Waals surface area contributed by atoms with Crippen LogP contribution < -0.4 is 5.32 Å². The lowest BCUT2D eigenvalue weighted by atomic mass is 10.0. The molecule has 98 valence electrons. The molecule has 0 saturated heterocycles.